The predicted octanol–water partition coefficient (Wildman–Crippen LogP) is 5.63. The zero-order chi connectivity index (χ0) is 23.3. The molecule has 0 N–H and O–H groups in total. The molecule has 4 aromatic rings. The van der Waals surface area contributed by atoms with Crippen LogP contribution in [-0.2, 0) is 0 Å². The zero-order valence-electron chi connectivity index (χ0n) is 18.2. The van der Waals surface area contributed by atoms with E-state index in [4.69, 9.17) is 13.9 Å². The summed E-state index contributed by atoms with van der Waals surface area (Å²) in [4.78, 5) is 28.9. The van der Waals surface area contributed by atoms with Gasteiger partial charge in [-0.25, -0.2) is 0 Å². The first-order valence-corrected chi connectivity index (χ1v) is 11.1. The van der Waals surface area contributed by atoms with E-state index in [1.165, 1.54) is 0 Å². The highest BCUT2D eigenvalue weighted by atomic mass is 79.9. The van der Waals surface area contributed by atoms with Crippen LogP contribution >= 0.6 is 15.9 Å². The molecular formula is C26H20BrNO5. The normalized spacial score (nSPS) is 15.1. The first-order chi connectivity index (χ1) is 15.9. The molecule has 0 bridgehead atoms. The van der Waals surface area contributed by atoms with E-state index in [-0.39, 0.29) is 17.1 Å². The minimum absolute atomic E-state index is 0.0511. The van der Waals surface area contributed by atoms with Crippen LogP contribution in [0.5, 0.6) is 11.5 Å². The SMILES string of the molecule is COc1ccc(C2c3c(oc4ccc(Br)cc4c3=O)C(=O)N2c2ccc(C)cc2)cc1OC. The fraction of sp³-hybridized carbons (Fsp3) is 0.154. The van der Waals surface area contributed by atoms with Gasteiger partial charge >= 0.3 is 0 Å². The van der Waals surface area contributed by atoms with E-state index < -0.39 is 6.04 Å². The topological polar surface area (TPSA) is 69.0 Å². The summed E-state index contributed by atoms with van der Waals surface area (Å²) in [5, 5.41) is 0.409. The number of methoxy groups -OCH3 is 2. The van der Waals surface area contributed by atoms with Crippen LogP contribution in [0.4, 0.5) is 5.69 Å². The molecule has 0 radical (unpaired) electrons. The Kier molecular flexibility index (Phi) is 5.21. The average Bonchev–Trinajstić information content (AvgIpc) is 3.12. The van der Waals surface area contributed by atoms with Crippen LogP contribution in [0.25, 0.3) is 11.0 Å². The summed E-state index contributed by atoms with van der Waals surface area (Å²) >= 11 is 3.42. The molecule has 5 rings (SSSR count). The molecule has 1 unspecified atom stereocenters. The number of aryl methyl sites for hydroxylation is 1. The van der Waals surface area contributed by atoms with Crippen molar-refractivity contribution < 1.29 is 18.7 Å². The number of nitrogens with zero attached hydrogens (tertiary/aromatic N) is 1. The van der Waals surface area contributed by atoms with Crippen LogP contribution in [-0.4, -0.2) is 20.1 Å². The molecule has 0 saturated carbocycles. The maximum atomic E-state index is 13.7. The standard InChI is InChI=1S/C26H20BrNO5/c1-14-4-8-17(9-5-14)28-23(15-6-10-20(31-2)21(12-15)32-3)22-24(29)18-13-16(27)7-11-19(18)33-25(22)26(28)30/h4-13,23H,1-3H3. The van der Waals surface area contributed by atoms with E-state index in [0.717, 1.165) is 10.0 Å². The minimum atomic E-state index is -0.686. The summed E-state index contributed by atoms with van der Waals surface area (Å²) in [6, 6.07) is 17.5. The van der Waals surface area contributed by atoms with Gasteiger partial charge in [-0.15, -0.1) is 0 Å². The van der Waals surface area contributed by atoms with Crippen molar-refractivity contribution in [2.45, 2.75) is 13.0 Å². The van der Waals surface area contributed by atoms with E-state index in [9.17, 15) is 9.59 Å². The Morgan fingerprint density at radius 3 is 2.33 bits per heavy atom. The van der Waals surface area contributed by atoms with Gasteiger partial charge in [0.15, 0.2) is 16.9 Å². The first kappa shape index (κ1) is 21.3. The summed E-state index contributed by atoms with van der Waals surface area (Å²) in [7, 11) is 3.11. The van der Waals surface area contributed by atoms with Gasteiger partial charge in [0.25, 0.3) is 5.91 Å². The summed E-state index contributed by atoms with van der Waals surface area (Å²) in [6.07, 6.45) is 0. The number of hydrogen-bond acceptors (Lipinski definition) is 5. The Bertz CT molecular complexity index is 1460. The van der Waals surface area contributed by atoms with Gasteiger partial charge in [-0.3, -0.25) is 14.5 Å². The molecule has 0 saturated heterocycles. The van der Waals surface area contributed by atoms with Gasteiger partial charge in [0.2, 0.25) is 5.76 Å². The third-order valence-corrected chi connectivity index (χ3v) is 6.36. The molecule has 33 heavy (non-hydrogen) atoms. The molecule has 1 aromatic heterocycles. The number of ether oxygens (including phenoxy) is 2. The molecule has 3 aromatic carbocycles. The lowest BCUT2D eigenvalue weighted by Gasteiger charge is -2.26. The smallest absolute Gasteiger partial charge is 0.295 e. The van der Waals surface area contributed by atoms with Crippen LogP contribution < -0.4 is 19.8 Å². The molecule has 1 aliphatic rings. The lowest BCUT2D eigenvalue weighted by molar-refractivity contribution is 0.0971. The second-order valence-corrected chi connectivity index (χ2v) is 8.76. The number of anilines is 1. The van der Waals surface area contributed by atoms with Crippen molar-refractivity contribution in [3.63, 3.8) is 0 Å². The molecular weight excluding hydrogens is 486 g/mol. The van der Waals surface area contributed by atoms with Crippen molar-refractivity contribution in [2.75, 3.05) is 19.1 Å². The van der Waals surface area contributed by atoms with Crippen molar-refractivity contribution in [1.82, 2.24) is 0 Å². The van der Waals surface area contributed by atoms with Gasteiger partial charge in [-0.1, -0.05) is 39.7 Å². The molecule has 2 heterocycles. The highest BCUT2D eigenvalue weighted by Crippen LogP contribution is 2.43. The van der Waals surface area contributed by atoms with Crippen molar-refractivity contribution in [2.24, 2.45) is 0 Å². The zero-order valence-corrected chi connectivity index (χ0v) is 19.8. The molecule has 0 aliphatic carbocycles. The van der Waals surface area contributed by atoms with Crippen LogP contribution in [0.15, 0.2) is 74.3 Å². The maximum absolute atomic E-state index is 13.7. The summed E-state index contributed by atoms with van der Waals surface area (Å²) in [5.41, 5.74) is 2.87. The lowest BCUT2D eigenvalue weighted by atomic mass is 9.97. The summed E-state index contributed by atoms with van der Waals surface area (Å²) in [6.45, 7) is 1.98. The van der Waals surface area contributed by atoms with E-state index in [1.54, 1.807) is 49.5 Å². The van der Waals surface area contributed by atoms with Gasteiger partial charge in [0.1, 0.15) is 5.58 Å². The molecule has 166 valence electrons. The van der Waals surface area contributed by atoms with Crippen molar-refractivity contribution in [1.29, 1.82) is 0 Å². The van der Waals surface area contributed by atoms with E-state index in [0.29, 0.717) is 39.3 Å². The van der Waals surface area contributed by atoms with Crippen LogP contribution in [0, 0.1) is 6.92 Å². The monoisotopic (exact) mass is 505 g/mol. The molecule has 0 fully saturated rings. The van der Waals surface area contributed by atoms with Crippen LogP contribution in [0.3, 0.4) is 0 Å². The highest BCUT2D eigenvalue weighted by Gasteiger charge is 2.44. The number of rotatable bonds is 4. The van der Waals surface area contributed by atoms with Crippen LogP contribution in [0.2, 0.25) is 0 Å². The van der Waals surface area contributed by atoms with Crippen molar-refractivity contribution in [3.05, 3.63) is 97.8 Å². The first-order valence-electron chi connectivity index (χ1n) is 10.3. The van der Waals surface area contributed by atoms with Crippen molar-refractivity contribution >= 4 is 38.5 Å². The second kappa shape index (κ2) is 8.08. The van der Waals surface area contributed by atoms with Gasteiger partial charge in [0.05, 0.1) is 31.2 Å². The third kappa shape index (κ3) is 3.40. The molecule has 1 amide bonds. The second-order valence-electron chi connectivity index (χ2n) is 7.84. The predicted molar refractivity (Wildman–Crippen MR) is 130 cm³/mol. The Balaban J connectivity index is 1.81. The molecule has 0 spiro atoms. The van der Waals surface area contributed by atoms with E-state index in [1.807, 2.05) is 37.3 Å². The van der Waals surface area contributed by atoms with E-state index in [2.05, 4.69) is 15.9 Å². The van der Waals surface area contributed by atoms with Gasteiger partial charge in [0, 0.05) is 10.2 Å². The number of halogens is 1. The quantitative estimate of drug-likeness (QED) is 0.359. The average molecular weight is 506 g/mol. The summed E-state index contributed by atoms with van der Waals surface area (Å²) < 4.78 is 17.6. The maximum Gasteiger partial charge on any atom is 0.295 e. The minimum Gasteiger partial charge on any atom is -0.493 e. The summed E-state index contributed by atoms with van der Waals surface area (Å²) in [5.74, 6) is 0.751. The van der Waals surface area contributed by atoms with E-state index >= 15 is 0 Å². The Hall–Kier alpha value is -3.58. The number of amides is 1. The van der Waals surface area contributed by atoms with Crippen LogP contribution in [0.1, 0.15) is 33.3 Å². The number of fused-ring (bicyclic) bond motifs is 2. The third-order valence-electron chi connectivity index (χ3n) is 5.87. The van der Waals surface area contributed by atoms with Crippen molar-refractivity contribution in [3.8, 4) is 11.5 Å². The lowest BCUT2D eigenvalue weighted by Crippen LogP contribution is -2.29. The molecule has 7 heteroatoms. The fourth-order valence-electron chi connectivity index (χ4n) is 4.26. The molecule has 1 aliphatic heterocycles. The Morgan fingerprint density at radius 2 is 1.64 bits per heavy atom. The largest absolute Gasteiger partial charge is 0.493 e. The Labute approximate surface area is 198 Å². The van der Waals surface area contributed by atoms with Gasteiger partial charge < -0.3 is 13.9 Å². The fourth-order valence-corrected chi connectivity index (χ4v) is 4.62. The number of carbonyl (C=O) groups is 1. The Morgan fingerprint density at radius 1 is 0.909 bits per heavy atom. The van der Waals surface area contributed by atoms with Gasteiger partial charge in [-0.2, -0.15) is 0 Å². The number of carbonyl (C=O) groups excluding carboxylic acids is 1. The highest BCUT2D eigenvalue weighted by molar-refractivity contribution is 9.10. The molecule has 6 nitrogen and oxygen atoms in total. The van der Waals surface area contributed by atoms with Gasteiger partial charge in [-0.05, 0) is 55.0 Å². The molecule has 1 atom stereocenters. The number of hydrogen-bond donors (Lipinski definition) is 0. The number of benzene rings is 3.